The highest BCUT2D eigenvalue weighted by Crippen LogP contribution is 2.14. The quantitative estimate of drug-likeness (QED) is 0.0422. The molecule has 22 heteroatoms. The Kier molecular flexibility index (Phi) is 26.3. The predicted octanol–water partition coefficient (Wildman–Crippen LogP) is -0.914. The first kappa shape index (κ1) is 61.0. The molecule has 8 amide bonds. The van der Waals surface area contributed by atoms with Crippen LogP contribution < -0.4 is 48.3 Å². The molecule has 71 heavy (non-hydrogen) atoms. The van der Waals surface area contributed by atoms with Crippen molar-refractivity contribution in [2.24, 2.45) is 23.5 Å². The van der Waals surface area contributed by atoms with E-state index in [1.807, 2.05) is 20.1 Å². The third-order valence-corrected chi connectivity index (χ3v) is 11.9. The van der Waals surface area contributed by atoms with Crippen molar-refractivity contribution in [2.45, 2.75) is 142 Å². The average molecular weight is 1010 g/mol. The molecule has 0 fully saturated rings. The van der Waals surface area contributed by atoms with E-state index in [4.69, 9.17) is 5.73 Å². The van der Waals surface area contributed by atoms with Crippen LogP contribution in [0.25, 0.3) is 0 Å². The Morgan fingerprint density at radius 3 is 1.52 bits per heavy atom. The van der Waals surface area contributed by atoms with Gasteiger partial charge in [0.15, 0.2) is 0 Å². The number of aldehydes is 1. The number of phenols is 1. The van der Waals surface area contributed by atoms with Crippen molar-refractivity contribution >= 4 is 65.3 Å². The smallest absolute Gasteiger partial charge is 0.243 e. The highest BCUT2D eigenvalue weighted by atomic mass is 32.2. The molecule has 21 nitrogen and oxygen atoms in total. The van der Waals surface area contributed by atoms with Gasteiger partial charge < -0.3 is 68.4 Å². The first-order valence-corrected chi connectivity index (χ1v) is 25.1. The van der Waals surface area contributed by atoms with Gasteiger partial charge in [-0.05, 0) is 79.7 Å². The molecule has 0 aliphatic heterocycles. The third-order valence-electron chi connectivity index (χ3n) is 11.3. The lowest BCUT2D eigenvalue weighted by Gasteiger charge is -2.29. The van der Waals surface area contributed by atoms with Gasteiger partial charge in [-0.25, -0.2) is 0 Å². The summed E-state index contributed by atoms with van der Waals surface area (Å²) in [6.45, 7) is 12.4. The molecule has 394 valence electrons. The standard InChI is InChI=1S/C49H75N9O12S/c1-26(2)21-36(45(66)53-35(19-20-71-9)43(64)58-40(27(3)4)48(69)52-33(24-59)25-60)56-49(70)41(28(5)6)57-42(63)29(7)51-44(65)37(22-31-13-11-10-12-14-31)54-46(67)38(55-47(68)39(50)30(8)61)23-32-15-17-34(62)18-16-32/h10-18,24,26-30,33,35-41,60-62H,19-23,25,50H2,1-9H3,(H,51,65)(H,52,69)(H,53,66)(H,54,67)(H,55,68)(H,56,70)(H,57,63)(H,58,64)/t29-,30+,33+,35-,36-,37-,38-,39-,40-,41-/m0/s1. The third kappa shape index (κ3) is 21.0. The van der Waals surface area contributed by atoms with Gasteiger partial charge in [-0.1, -0.05) is 84.0 Å². The zero-order valence-corrected chi connectivity index (χ0v) is 42.8. The molecule has 0 saturated heterocycles. The molecule has 0 aliphatic carbocycles. The van der Waals surface area contributed by atoms with Crippen LogP contribution in [0, 0.1) is 17.8 Å². The van der Waals surface area contributed by atoms with Crippen molar-refractivity contribution in [3.05, 3.63) is 65.7 Å². The molecule has 0 spiro atoms. The van der Waals surface area contributed by atoms with Crippen LogP contribution in [0.3, 0.4) is 0 Å². The summed E-state index contributed by atoms with van der Waals surface area (Å²) in [5.41, 5.74) is 7.04. The van der Waals surface area contributed by atoms with Crippen LogP contribution in [0.1, 0.15) is 79.4 Å². The molecule has 0 aromatic heterocycles. The number of aromatic hydroxyl groups is 1. The first-order chi connectivity index (χ1) is 33.4. The number of amides is 8. The minimum atomic E-state index is -1.38. The summed E-state index contributed by atoms with van der Waals surface area (Å²) in [5.74, 6) is -6.72. The fraction of sp³-hybridized carbons (Fsp3) is 0.571. The number of rotatable bonds is 30. The molecular weight excluding hydrogens is 939 g/mol. The molecule has 0 bridgehead atoms. The topological polar surface area (TPSA) is 337 Å². The van der Waals surface area contributed by atoms with E-state index >= 15 is 0 Å². The summed E-state index contributed by atoms with van der Waals surface area (Å²) < 4.78 is 0. The van der Waals surface area contributed by atoms with Gasteiger partial charge in [-0.15, -0.1) is 0 Å². The van der Waals surface area contributed by atoms with E-state index in [-0.39, 0.29) is 37.4 Å². The van der Waals surface area contributed by atoms with E-state index in [1.54, 1.807) is 70.2 Å². The van der Waals surface area contributed by atoms with Gasteiger partial charge in [0.05, 0.1) is 12.7 Å². The van der Waals surface area contributed by atoms with Crippen LogP contribution in [-0.2, 0) is 56.0 Å². The summed E-state index contributed by atoms with van der Waals surface area (Å²) in [5, 5.41) is 50.1. The Morgan fingerprint density at radius 2 is 1.03 bits per heavy atom. The maximum atomic E-state index is 14.0. The Morgan fingerprint density at radius 1 is 0.577 bits per heavy atom. The van der Waals surface area contributed by atoms with Gasteiger partial charge in [0.1, 0.15) is 66.4 Å². The van der Waals surface area contributed by atoms with Gasteiger partial charge in [-0.2, -0.15) is 11.8 Å². The van der Waals surface area contributed by atoms with Crippen molar-refractivity contribution in [1.82, 2.24) is 42.5 Å². The molecule has 0 aliphatic rings. The fourth-order valence-corrected chi connectivity index (χ4v) is 7.48. The van der Waals surface area contributed by atoms with E-state index in [0.29, 0.717) is 23.2 Å². The molecule has 0 unspecified atom stereocenters. The SMILES string of the molecule is CSCC[C@H](NC(=O)[C@H](CC(C)C)NC(=O)[C@@H](NC(=O)[C@H](C)NC(=O)[C@H](Cc1ccccc1)NC(=O)[C@H](Cc1ccc(O)cc1)NC(=O)[C@@H](N)[C@@H](C)O)C(C)C)C(=O)N[C@H](C(=O)N[C@H](C=O)CO)C(C)C. The minimum absolute atomic E-state index is 0.0285. The van der Waals surface area contributed by atoms with E-state index in [1.165, 1.54) is 37.7 Å². The van der Waals surface area contributed by atoms with Gasteiger partial charge in [0.25, 0.3) is 0 Å². The molecular formula is C49H75N9O12S. The molecule has 10 atom stereocenters. The lowest BCUT2D eigenvalue weighted by atomic mass is 9.99. The summed E-state index contributed by atoms with van der Waals surface area (Å²) in [6.07, 6.45) is 1.07. The van der Waals surface area contributed by atoms with Crippen LogP contribution in [0.2, 0.25) is 0 Å². The summed E-state index contributed by atoms with van der Waals surface area (Å²) in [6, 6.07) is 3.46. The zero-order chi connectivity index (χ0) is 53.5. The number of hydrogen-bond acceptors (Lipinski definition) is 14. The number of nitrogens with two attached hydrogens (primary N) is 1. The Balaban J connectivity index is 2.32. The number of nitrogens with one attached hydrogen (secondary N) is 8. The molecule has 13 N–H and O–H groups in total. The van der Waals surface area contributed by atoms with Gasteiger partial charge in [-0.3, -0.25) is 38.4 Å². The fourth-order valence-electron chi connectivity index (χ4n) is 7.01. The number of aliphatic hydroxyl groups excluding tert-OH is 2. The molecule has 2 aromatic rings. The van der Waals surface area contributed by atoms with Crippen molar-refractivity contribution in [2.75, 3.05) is 18.6 Å². The monoisotopic (exact) mass is 1010 g/mol. The number of carbonyl (C=O) groups is 9. The number of phenolic OH excluding ortho intramolecular Hbond substituents is 1. The lowest BCUT2D eigenvalue weighted by Crippen LogP contribution is -2.61. The summed E-state index contributed by atoms with van der Waals surface area (Å²) in [4.78, 5) is 121. The van der Waals surface area contributed by atoms with E-state index < -0.39 is 126 Å². The lowest BCUT2D eigenvalue weighted by molar-refractivity contribution is -0.136. The second-order valence-corrected chi connectivity index (χ2v) is 19.6. The second kappa shape index (κ2) is 30.6. The Bertz CT molecular complexity index is 2080. The second-order valence-electron chi connectivity index (χ2n) is 18.6. The van der Waals surface area contributed by atoms with Gasteiger partial charge in [0.2, 0.25) is 47.3 Å². The highest BCUT2D eigenvalue weighted by Gasteiger charge is 2.35. The molecule has 2 rings (SSSR count). The van der Waals surface area contributed by atoms with E-state index in [9.17, 15) is 58.5 Å². The van der Waals surface area contributed by atoms with Crippen LogP contribution >= 0.6 is 11.8 Å². The maximum absolute atomic E-state index is 14.0. The van der Waals surface area contributed by atoms with E-state index in [2.05, 4.69) is 42.5 Å². The van der Waals surface area contributed by atoms with Crippen LogP contribution in [-0.4, -0.2) is 148 Å². The Labute approximate surface area is 420 Å². The molecule has 0 heterocycles. The number of benzene rings is 2. The van der Waals surface area contributed by atoms with E-state index in [0.717, 1.165) is 0 Å². The number of carbonyl (C=O) groups excluding carboxylic acids is 9. The number of hydrogen-bond donors (Lipinski definition) is 12. The van der Waals surface area contributed by atoms with Crippen LogP contribution in [0.4, 0.5) is 0 Å². The molecule has 0 saturated carbocycles. The van der Waals surface area contributed by atoms with Gasteiger partial charge in [0, 0.05) is 12.8 Å². The first-order valence-electron chi connectivity index (χ1n) is 23.7. The predicted molar refractivity (Wildman–Crippen MR) is 268 cm³/mol. The van der Waals surface area contributed by atoms with Crippen LogP contribution in [0.5, 0.6) is 5.75 Å². The van der Waals surface area contributed by atoms with Crippen molar-refractivity contribution < 1.29 is 58.5 Å². The Hall–Kier alpha value is -6.10. The van der Waals surface area contributed by atoms with Crippen molar-refractivity contribution in [3.8, 4) is 5.75 Å². The molecule has 0 radical (unpaired) electrons. The van der Waals surface area contributed by atoms with Crippen LogP contribution in [0.15, 0.2) is 54.6 Å². The molecule has 2 aromatic carbocycles. The number of aliphatic hydroxyl groups is 2. The summed E-state index contributed by atoms with van der Waals surface area (Å²) in [7, 11) is 0. The number of thioether (sulfide) groups is 1. The maximum Gasteiger partial charge on any atom is 0.243 e. The van der Waals surface area contributed by atoms with Crippen molar-refractivity contribution in [3.63, 3.8) is 0 Å². The van der Waals surface area contributed by atoms with Gasteiger partial charge >= 0.3 is 0 Å². The largest absolute Gasteiger partial charge is 0.508 e. The average Bonchev–Trinajstić information content (AvgIpc) is 3.31. The minimum Gasteiger partial charge on any atom is -0.508 e. The normalized spacial score (nSPS) is 15.5. The highest BCUT2D eigenvalue weighted by molar-refractivity contribution is 7.98. The summed E-state index contributed by atoms with van der Waals surface area (Å²) >= 11 is 1.41. The van der Waals surface area contributed by atoms with Crippen molar-refractivity contribution in [1.29, 1.82) is 0 Å². The zero-order valence-electron chi connectivity index (χ0n) is 42.0.